The van der Waals surface area contributed by atoms with E-state index in [1.165, 1.54) is 5.56 Å². The van der Waals surface area contributed by atoms with Gasteiger partial charge in [-0.2, -0.15) is 13.2 Å². The molecule has 1 aliphatic rings. The fourth-order valence-electron chi connectivity index (χ4n) is 3.16. The van der Waals surface area contributed by atoms with E-state index in [1.54, 1.807) is 0 Å². The number of hydrogen-bond acceptors (Lipinski definition) is 6. The summed E-state index contributed by atoms with van der Waals surface area (Å²) in [5.41, 5.74) is 7.50. The van der Waals surface area contributed by atoms with Crippen molar-refractivity contribution < 1.29 is 13.2 Å². The van der Waals surface area contributed by atoms with E-state index >= 15 is 0 Å². The number of halogens is 3. The second-order valence-electron chi connectivity index (χ2n) is 7.08. The van der Waals surface area contributed by atoms with Crippen molar-refractivity contribution in [3.63, 3.8) is 0 Å². The van der Waals surface area contributed by atoms with E-state index in [1.807, 2.05) is 26.2 Å². The lowest BCUT2D eigenvalue weighted by atomic mass is 9.87. The minimum absolute atomic E-state index is 0.0106. The van der Waals surface area contributed by atoms with Crippen LogP contribution in [0.4, 0.5) is 24.7 Å². The molecule has 1 atom stereocenters. The number of anilines is 2. The van der Waals surface area contributed by atoms with E-state index in [4.69, 9.17) is 5.73 Å². The summed E-state index contributed by atoms with van der Waals surface area (Å²) >= 11 is 1.11. The molecule has 0 fully saturated rings. The molecule has 2 N–H and O–H groups in total. The number of rotatable bonds is 3. The predicted molar refractivity (Wildman–Crippen MR) is 96.3 cm³/mol. The van der Waals surface area contributed by atoms with Crippen molar-refractivity contribution in [3.8, 4) is 0 Å². The third kappa shape index (κ3) is 3.58. The lowest BCUT2D eigenvalue weighted by Crippen LogP contribution is -2.25. The molecule has 2 aromatic heterocycles. The molecule has 0 aromatic carbocycles. The van der Waals surface area contributed by atoms with Gasteiger partial charge in [0.05, 0.1) is 22.8 Å². The highest BCUT2D eigenvalue weighted by Gasteiger charge is 2.35. The van der Waals surface area contributed by atoms with Crippen molar-refractivity contribution in [1.29, 1.82) is 0 Å². The Morgan fingerprint density at radius 2 is 1.96 bits per heavy atom. The fraction of sp³-hybridized carbons (Fsp3) is 0.471. The van der Waals surface area contributed by atoms with Crippen LogP contribution in [0.5, 0.6) is 0 Å². The Hall–Kier alpha value is -2.03. The first-order valence-electron chi connectivity index (χ1n) is 8.07. The molecule has 0 spiro atoms. The van der Waals surface area contributed by atoms with Gasteiger partial charge in [0.15, 0.2) is 10.9 Å². The number of nitrogen functional groups attached to an aromatic ring is 1. The topological polar surface area (TPSA) is 67.9 Å². The maximum atomic E-state index is 12.9. The fourth-order valence-corrected chi connectivity index (χ4v) is 4.03. The van der Waals surface area contributed by atoms with Gasteiger partial charge >= 0.3 is 6.18 Å². The van der Waals surface area contributed by atoms with Gasteiger partial charge in [0, 0.05) is 25.1 Å². The minimum Gasteiger partial charge on any atom is -0.384 e. The number of nitrogens with two attached hydrogens (primary N) is 1. The largest absolute Gasteiger partial charge is 0.433 e. The second-order valence-corrected chi connectivity index (χ2v) is 8.39. The van der Waals surface area contributed by atoms with Crippen LogP contribution in [0.25, 0.3) is 0 Å². The molecular weight excluding hydrogens is 363 g/mol. The van der Waals surface area contributed by atoms with E-state index in [9.17, 15) is 13.2 Å². The van der Waals surface area contributed by atoms with E-state index in [0.717, 1.165) is 35.8 Å². The van der Waals surface area contributed by atoms with Gasteiger partial charge in [-0.05, 0) is 18.6 Å². The highest BCUT2D eigenvalue weighted by atomic mass is 32.2. The Labute approximate surface area is 154 Å². The summed E-state index contributed by atoms with van der Waals surface area (Å²) in [5, 5.41) is -0.228. The lowest BCUT2D eigenvalue weighted by molar-refractivity contribution is -0.141. The second kappa shape index (κ2) is 6.29. The maximum absolute atomic E-state index is 12.9. The van der Waals surface area contributed by atoms with Gasteiger partial charge < -0.3 is 10.6 Å². The molecule has 0 radical (unpaired) electrons. The SMILES string of the molecule is CC(Sc1nc(N)cc(C(F)(F)F)n1)c1cc2c(cn1)N(C)CC2(C)C. The molecule has 140 valence electrons. The molecule has 0 bridgehead atoms. The van der Waals surface area contributed by atoms with Gasteiger partial charge in [-0.15, -0.1) is 0 Å². The zero-order valence-corrected chi connectivity index (χ0v) is 15.7. The average Bonchev–Trinajstić information content (AvgIpc) is 2.75. The van der Waals surface area contributed by atoms with Crippen LogP contribution < -0.4 is 10.6 Å². The van der Waals surface area contributed by atoms with E-state index in [2.05, 4.69) is 33.7 Å². The molecule has 26 heavy (non-hydrogen) atoms. The Morgan fingerprint density at radius 1 is 1.27 bits per heavy atom. The summed E-state index contributed by atoms with van der Waals surface area (Å²) < 4.78 is 38.7. The number of nitrogens with zero attached hydrogens (tertiary/aromatic N) is 4. The summed E-state index contributed by atoms with van der Waals surface area (Å²) in [7, 11) is 2.02. The van der Waals surface area contributed by atoms with Crippen LogP contribution in [0.3, 0.4) is 0 Å². The smallest absolute Gasteiger partial charge is 0.384 e. The van der Waals surface area contributed by atoms with Crippen molar-refractivity contribution in [3.05, 3.63) is 35.3 Å². The third-order valence-electron chi connectivity index (χ3n) is 4.39. The maximum Gasteiger partial charge on any atom is 0.433 e. The monoisotopic (exact) mass is 383 g/mol. The number of hydrogen-bond donors (Lipinski definition) is 1. The van der Waals surface area contributed by atoms with Crippen LogP contribution in [-0.2, 0) is 11.6 Å². The molecule has 9 heteroatoms. The first-order valence-corrected chi connectivity index (χ1v) is 8.95. The molecule has 0 aliphatic carbocycles. The van der Waals surface area contributed by atoms with Crippen LogP contribution in [-0.4, -0.2) is 28.5 Å². The van der Waals surface area contributed by atoms with Crippen LogP contribution in [0.2, 0.25) is 0 Å². The Balaban J connectivity index is 1.88. The Morgan fingerprint density at radius 3 is 2.62 bits per heavy atom. The van der Waals surface area contributed by atoms with Crippen LogP contribution in [0.15, 0.2) is 23.5 Å². The summed E-state index contributed by atoms with van der Waals surface area (Å²) in [6, 6.07) is 2.76. The van der Waals surface area contributed by atoms with Crippen molar-refractivity contribution >= 4 is 23.3 Å². The van der Waals surface area contributed by atoms with Crippen molar-refractivity contribution in [2.75, 3.05) is 24.2 Å². The first-order chi connectivity index (χ1) is 12.0. The summed E-state index contributed by atoms with van der Waals surface area (Å²) in [4.78, 5) is 14.2. The zero-order chi connectivity index (χ0) is 19.3. The van der Waals surface area contributed by atoms with Gasteiger partial charge in [0.25, 0.3) is 0 Å². The quantitative estimate of drug-likeness (QED) is 0.637. The molecular formula is C17H20F3N5S. The van der Waals surface area contributed by atoms with Crippen LogP contribution in [0, 0.1) is 0 Å². The standard InChI is InChI=1S/C17H20F3N5S/c1-9(26-15-23-13(17(18,19)20)6-14(21)24-15)11-5-10-12(7-22-11)25(4)8-16(10,2)3/h5-7,9H,8H2,1-4H3,(H2,21,23,24). The van der Waals surface area contributed by atoms with Gasteiger partial charge in [-0.1, -0.05) is 25.6 Å². The first kappa shape index (κ1) is 18.8. The number of likely N-dealkylation sites (N-methyl/N-ethyl adjacent to an activating group) is 1. The van der Waals surface area contributed by atoms with Gasteiger partial charge in [0.2, 0.25) is 0 Å². The zero-order valence-electron chi connectivity index (χ0n) is 14.9. The van der Waals surface area contributed by atoms with E-state index in [-0.39, 0.29) is 21.6 Å². The van der Waals surface area contributed by atoms with Crippen molar-refractivity contribution in [2.45, 2.75) is 42.8 Å². The average molecular weight is 383 g/mol. The number of fused-ring (bicyclic) bond motifs is 1. The van der Waals surface area contributed by atoms with Gasteiger partial charge in [-0.3, -0.25) is 4.98 Å². The number of thioether (sulfide) groups is 1. The molecule has 0 amide bonds. The van der Waals surface area contributed by atoms with E-state index in [0.29, 0.717) is 0 Å². The highest BCUT2D eigenvalue weighted by Crippen LogP contribution is 2.42. The number of alkyl halides is 3. The van der Waals surface area contributed by atoms with Crippen LogP contribution >= 0.6 is 11.8 Å². The molecule has 0 saturated heterocycles. The molecule has 1 unspecified atom stereocenters. The Bertz CT molecular complexity index is 838. The molecule has 0 saturated carbocycles. The molecule has 2 aromatic rings. The van der Waals surface area contributed by atoms with Crippen molar-refractivity contribution in [1.82, 2.24) is 15.0 Å². The lowest BCUT2D eigenvalue weighted by Gasteiger charge is -2.19. The molecule has 5 nitrogen and oxygen atoms in total. The molecule has 1 aliphatic heterocycles. The predicted octanol–water partition coefficient (Wildman–Crippen LogP) is 4.05. The van der Waals surface area contributed by atoms with Gasteiger partial charge in [0.1, 0.15) is 5.82 Å². The molecule has 3 rings (SSSR count). The number of aromatic nitrogens is 3. The number of pyridine rings is 1. The summed E-state index contributed by atoms with van der Waals surface area (Å²) in [6.07, 6.45) is -2.74. The van der Waals surface area contributed by atoms with Crippen LogP contribution in [0.1, 0.15) is 43.0 Å². The Kier molecular flexibility index (Phi) is 4.54. The van der Waals surface area contributed by atoms with Crippen molar-refractivity contribution in [2.24, 2.45) is 0 Å². The molecule has 3 heterocycles. The summed E-state index contributed by atoms with van der Waals surface area (Å²) in [6.45, 7) is 7.08. The highest BCUT2D eigenvalue weighted by molar-refractivity contribution is 7.99. The van der Waals surface area contributed by atoms with E-state index < -0.39 is 11.9 Å². The summed E-state index contributed by atoms with van der Waals surface area (Å²) in [5.74, 6) is -0.202. The third-order valence-corrected chi connectivity index (χ3v) is 5.38. The minimum atomic E-state index is -4.56. The normalized spacial score (nSPS) is 17.3. The van der Waals surface area contributed by atoms with Gasteiger partial charge in [-0.25, -0.2) is 9.97 Å².